The van der Waals surface area contributed by atoms with Gasteiger partial charge in [-0.1, -0.05) is 44.2 Å². The zero-order valence-electron chi connectivity index (χ0n) is 10.8. The van der Waals surface area contributed by atoms with Crippen LogP contribution in [-0.2, 0) is 11.2 Å². The molecule has 0 aliphatic heterocycles. The van der Waals surface area contributed by atoms with E-state index in [0.717, 1.165) is 18.3 Å². The summed E-state index contributed by atoms with van der Waals surface area (Å²) in [6.45, 7) is 3.37. The van der Waals surface area contributed by atoms with Gasteiger partial charge in [-0.3, -0.25) is 10.1 Å². The van der Waals surface area contributed by atoms with Crippen molar-refractivity contribution in [3.8, 4) is 0 Å². The summed E-state index contributed by atoms with van der Waals surface area (Å²) in [6.07, 6.45) is 2.24. The smallest absolute Gasteiger partial charge is 0.207 e. The van der Waals surface area contributed by atoms with E-state index in [-0.39, 0.29) is 17.4 Å². The number of benzene rings is 1. The maximum atomic E-state index is 11.0. The average molecular weight is 249 g/mol. The lowest BCUT2D eigenvalue weighted by Gasteiger charge is -2.26. The Bertz CT molecular complexity index is 401. The molecule has 0 fully saturated rings. The number of aryl methyl sites for hydroxylation is 1. The molecule has 0 bridgehead atoms. The minimum absolute atomic E-state index is 0.154. The molecule has 98 valence electrons. The molecule has 0 amide bonds. The highest BCUT2D eigenvalue weighted by Gasteiger charge is 2.32. The van der Waals surface area contributed by atoms with Gasteiger partial charge in [-0.2, -0.15) is 0 Å². The van der Waals surface area contributed by atoms with Crippen LogP contribution in [0.1, 0.15) is 25.8 Å². The first-order chi connectivity index (χ1) is 8.45. The number of nitrogens with zero attached hydrogens (tertiary/aromatic N) is 1. The third-order valence-electron chi connectivity index (χ3n) is 3.35. The Morgan fingerprint density at radius 3 is 2.44 bits per heavy atom. The molecule has 0 spiro atoms. The van der Waals surface area contributed by atoms with Crippen molar-refractivity contribution in [2.75, 3.05) is 6.54 Å². The quantitative estimate of drug-likeness (QED) is 0.424. The van der Waals surface area contributed by atoms with Gasteiger partial charge in [-0.05, 0) is 18.4 Å². The van der Waals surface area contributed by atoms with E-state index >= 15 is 0 Å². The first-order valence-corrected chi connectivity index (χ1v) is 6.08. The highest BCUT2D eigenvalue weighted by atomic mass is 16.6. The first-order valence-electron chi connectivity index (χ1n) is 6.08. The molecule has 18 heavy (non-hydrogen) atoms. The summed E-state index contributed by atoms with van der Waals surface area (Å²) in [5, 5.41) is 10.7. The average Bonchev–Trinajstić information content (AvgIpc) is 2.35. The molecule has 1 unspecified atom stereocenters. The van der Waals surface area contributed by atoms with Crippen LogP contribution in [0.15, 0.2) is 30.3 Å². The van der Waals surface area contributed by atoms with E-state index in [4.69, 9.17) is 0 Å². The maximum Gasteiger partial charge on any atom is 0.207 e. The molecular weight excluding hydrogens is 230 g/mol. The monoisotopic (exact) mass is 249 g/mol. The number of nitro groups is 1. The summed E-state index contributed by atoms with van der Waals surface area (Å²) in [6, 6.07) is 9.83. The molecular formula is C14H19NO3. The lowest BCUT2D eigenvalue weighted by atomic mass is 9.77. The molecule has 0 aromatic heterocycles. The molecule has 0 N–H and O–H groups in total. The van der Waals surface area contributed by atoms with Gasteiger partial charge in [-0.15, -0.1) is 0 Å². The number of hydrogen-bond acceptors (Lipinski definition) is 3. The van der Waals surface area contributed by atoms with Crippen molar-refractivity contribution in [1.29, 1.82) is 0 Å². The van der Waals surface area contributed by atoms with Crippen LogP contribution in [0.4, 0.5) is 0 Å². The van der Waals surface area contributed by atoms with Crippen LogP contribution in [-0.4, -0.2) is 17.8 Å². The minimum atomic E-state index is -0.651. The maximum absolute atomic E-state index is 11.0. The fraction of sp³-hybridized carbons (Fsp3) is 0.500. The number of rotatable bonds is 7. The molecule has 0 aliphatic rings. The molecule has 1 aromatic rings. The van der Waals surface area contributed by atoms with Crippen LogP contribution in [0.5, 0.6) is 0 Å². The lowest BCUT2D eigenvalue weighted by Crippen LogP contribution is -2.32. The zero-order chi connectivity index (χ0) is 13.6. The van der Waals surface area contributed by atoms with Gasteiger partial charge in [0.15, 0.2) is 0 Å². The molecule has 4 heteroatoms. The van der Waals surface area contributed by atoms with Crippen molar-refractivity contribution in [1.82, 2.24) is 0 Å². The van der Waals surface area contributed by atoms with E-state index in [1.165, 1.54) is 0 Å². The molecule has 0 aliphatic carbocycles. The topological polar surface area (TPSA) is 60.2 Å². The molecule has 1 aromatic carbocycles. The van der Waals surface area contributed by atoms with E-state index < -0.39 is 5.41 Å². The zero-order valence-corrected chi connectivity index (χ0v) is 10.8. The van der Waals surface area contributed by atoms with E-state index in [1.807, 2.05) is 30.3 Å². The van der Waals surface area contributed by atoms with Gasteiger partial charge >= 0.3 is 0 Å². The summed E-state index contributed by atoms with van der Waals surface area (Å²) in [7, 11) is 0. The molecule has 1 atom stereocenters. The SMILES string of the molecule is CC(C)(C=O)C(CCc1ccccc1)C[N+](=O)[O-]. The second-order valence-corrected chi connectivity index (χ2v) is 5.18. The molecule has 0 saturated carbocycles. The second kappa shape index (κ2) is 6.28. The van der Waals surface area contributed by atoms with Crippen molar-refractivity contribution < 1.29 is 9.72 Å². The predicted octanol–water partition coefficient (Wildman–Crippen LogP) is 2.74. The Morgan fingerprint density at radius 1 is 1.33 bits per heavy atom. The van der Waals surface area contributed by atoms with Crippen LogP contribution in [0, 0.1) is 21.4 Å². The van der Waals surface area contributed by atoms with Gasteiger partial charge in [0.05, 0.1) is 0 Å². The van der Waals surface area contributed by atoms with Gasteiger partial charge in [0.25, 0.3) is 0 Å². The van der Waals surface area contributed by atoms with Crippen molar-refractivity contribution in [2.45, 2.75) is 26.7 Å². The summed E-state index contributed by atoms with van der Waals surface area (Å²) in [5.74, 6) is -0.231. The van der Waals surface area contributed by atoms with Gasteiger partial charge in [0.1, 0.15) is 6.29 Å². The van der Waals surface area contributed by atoms with Crippen molar-refractivity contribution in [3.05, 3.63) is 46.0 Å². The number of carbonyl (C=O) groups excluding carboxylic acids is 1. The highest BCUT2D eigenvalue weighted by molar-refractivity contribution is 5.58. The van der Waals surface area contributed by atoms with E-state index in [0.29, 0.717) is 6.42 Å². The summed E-state index contributed by atoms with van der Waals surface area (Å²) < 4.78 is 0. The van der Waals surface area contributed by atoms with E-state index in [1.54, 1.807) is 13.8 Å². The summed E-state index contributed by atoms with van der Waals surface area (Å²) >= 11 is 0. The lowest BCUT2D eigenvalue weighted by molar-refractivity contribution is -0.491. The second-order valence-electron chi connectivity index (χ2n) is 5.18. The molecule has 0 heterocycles. The Morgan fingerprint density at radius 2 is 1.94 bits per heavy atom. The number of aldehydes is 1. The van der Waals surface area contributed by atoms with Crippen molar-refractivity contribution in [2.24, 2.45) is 11.3 Å². The normalized spacial score (nSPS) is 13.0. The van der Waals surface area contributed by atoms with Gasteiger partial charge in [0, 0.05) is 16.3 Å². The largest absolute Gasteiger partial charge is 0.303 e. The Kier molecular flexibility index (Phi) is 5.01. The van der Waals surface area contributed by atoms with E-state index in [2.05, 4.69) is 0 Å². The number of hydrogen-bond donors (Lipinski definition) is 0. The predicted molar refractivity (Wildman–Crippen MR) is 70.0 cm³/mol. The van der Waals surface area contributed by atoms with Crippen LogP contribution in [0.25, 0.3) is 0 Å². The fourth-order valence-corrected chi connectivity index (χ4v) is 1.96. The standard InChI is InChI=1S/C14H19NO3/c1-14(2,11-16)13(10-15(17)18)9-8-12-6-4-3-5-7-12/h3-7,11,13H,8-10H2,1-2H3. The summed E-state index contributed by atoms with van der Waals surface area (Å²) in [5.41, 5.74) is 0.495. The Labute approximate surface area is 107 Å². The fourth-order valence-electron chi connectivity index (χ4n) is 1.96. The molecule has 0 radical (unpaired) electrons. The molecule has 0 saturated heterocycles. The van der Waals surface area contributed by atoms with Crippen LogP contribution in [0.3, 0.4) is 0 Å². The summed E-state index contributed by atoms with van der Waals surface area (Å²) in [4.78, 5) is 21.4. The molecule has 4 nitrogen and oxygen atoms in total. The van der Waals surface area contributed by atoms with Crippen LogP contribution < -0.4 is 0 Å². The third kappa shape index (κ3) is 4.28. The van der Waals surface area contributed by atoms with Gasteiger partial charge < -0.3 is 4.79 Å². The van der Waals surface area contributed by atoms with Gasteiger partial charge in [0.2, 0.25) is 6.54 Å². The van der Waals surface area contributed by atoms with Crippen LogP contribution in [0.2, 0.25) is 0 Å². The van der Waals surface area contributed by atoms with Crippen molar-refractivity contribution in [3.63, 3.8) is 0 Å². The van der Waals surface area contributed by atoms with Crippen molar-refractivity contribution >= 4 is 6.29 Å². The Hall–Kier alpha value is -1.71. The van der Waals surface area contributed by atoms with Gasteiger partial charge in [-0.25, -0.2) is 0 Å². The Balaban J connectivity index is 2.67. The van der Waals surface area contributed by atoms with Crippen LogP contribution >= 0.6 is 0 Å². The highest BCUT2D eigenvalue weighted by Crippen LogP contribution is 2.28. The first kappa shape index (κ1) is 14.4. The number of carbonyl (C=O) groups is 1. The van der Waals surface area contributed by atoms with E-state index in [9.17, 15) is 14.9 Å². The minimum Gasteiger partial charge on any atom is -0.303 e. The molecule has 1 rings (SSSR count). The third-order valence-corrected chi connectivity index (χ3v) is 3.35.